The normalized spacial score (nSPS) is 10.9. The van der Waals surface area contributed by atoms with Crippen LogP contribution in [0.25, 0.3) is 16.9 Å². The summed E-state index contributed by atoms with van der Waals surface area (Å²) in [6, 6.07) is 11.8. The molecule has 2 aromatic heterocycles. The van der Waals surface area contributed by atoms with Crippen LogP contribution in [0.5, 0.6) is 0 Å². The molecule has 0 aliphatic heterocycles. The molecule has 0 fully saturated rings. The number of fused-ring (bicyclic) bond motifs is 1. The number of benzene rings is 1. The van der Waals surface area contributed by atoms with Crippen LogP contribution in [0.1, 0.15) is 0 Å². The third-order valence-electron chi connectivity index (χ3n) is 2.58. The first-order valence-corrected chi connectivity index (χ1v) is 6.30. The number of rotatable bonds is 1. The lowest BCUT2D eigenvalue weighted by Crippen LogP contribution is -1.88. The molecule has 0 radical (unpaired) electrons. The molecule has 0 aliphatic rings. The number of imidazole rings is 1. The van der Waals surface area contributed by atoms with Gasteiger partial charge in [0, 0.05) is 21.3 Å². The Labute approximate surface area is 112 Å². The zero-order valence-electron chi connectivity index (χ0n) is 8.77. The van der Waals surface area contributed by atoms with Gasteiger partial charge in [-0.25, -0.2) is 4.98 Å². The fourth-order valence-corrected chi connectivity index (χ4v) is 2.38. The molecule has 2 heterocycles. The molecule has 0 spiro atoms. The maximum Gasteiger partial charge on any atom is 0.144 e. The Morgan fingerprint density at radius 3 is 2.88 bits per heavy atom. The van der Waals surface area contributed by atoms with Crippen LogP contribution in [0.3, 0.4) is 0 Å². The largest absolute Gasteiger partial charge is 0.300 e. The van der Waals surface area contributed by atoms with Crippen molar-refractivity contribution in [2.24, 2.45) is 0 Å². The minimum Gasteiger partial charge on any atom is -0.300 e. The topological polar surface area (TPSA) is 17.3 Å². The predicted molar refractivity (Wildman–Crippen MR) is 73.3 cm³/mol. The molecule has 0 unspecified atom stereocenters. The summed E-state index contributed by atoms with van der Waals surface area (Å²) in [5, 5.41) is 0.721. The van der Waals surface area contributed by atoms with E-state index in [2.05, 4.69) is 20.9 Å². The molecule has 0 aliphatic carbocycles. The Kier molecular flexibility index (Phi) is 2.65. The van der Waals surface area contributed by atoms with E-state index in [0.717, 1.165) is 26.4 Å². The summed E-state index contributed by atoms with van der Waals surface area (Å²) in [6.45, 7) is 0. The van der Waals surface area contributed by atoms with E-state index in [1.807, 2.05) is 53.2 Å². The Morgan fingerprint density at radius 1 is 1.18 bits per heavy atom. The number of aromatic nitrogens is 2. The molecular formula is C13H8BrClN2. The Bertz CT molecular complexity index is 691. The van der Waals surface area contributed by atoms with Gasteiger partial charge in [0.05, 0.1) is 11.7 Å². The van der Waals surface area contributed by atoms with Crippen LogP contribution >= 0.6 is 27.5 Å². The highest BCUT2D eigenvalue weighted by molar-refractivity contribution is 9.10. The fraction of sp³-hybridized carbons (Fsp3) is 0. The zero-order chi connectivity index (χ0) is 11.8. The molecular weight excluding hydrogens is 300 g/mol. The van der Waals surface area contributed by atoms with Gasteiger partial charge in [-0.3, -0.25) is 4.40 Å². The second-order valence-electron chi connectivity index (χ2n) is 3.73. The van der Waals surface area contributed by atoms with Gasteiger partial charge >= 0.3 is 0 Å². The molecule has 84 valence electrons. The minimum absolute atomic E-state index is 0.721. The van der Waals surface area contributed by atoms with Gasteiger partial charge in [-0.05, 0) is 24.3 Å². The van der Waals surface area contributed by atoms with Crippen molar-refractivity contribution in [3.8, 4) is 11.4 Å². The van der Waals surface area contributed by atoms with Crippen LogP contribution in [0.4, 0.5) is 0 Å². The number of hydrogen-bond donors (Lipinski definition) is 0. The molecule has 0 saturated carbocycles. The van der Waals surface area contributed by atoms with E-state index in [9.17, 15) is 0 Å². The van der Waals surface area contributed by atoms with Crippen LogP contribution in [-0.4, -0.2) is 9.38 Å². The van der Waals surface area contributed by atoms with Crippen LogP contribution in [0, 0.1) is 0 Å². The average Bonchev–Trinajstić information content (AvgIpc) is 2.71. The molecule has 4 heteroatoms. The summed E-state index contributed by atoms with van der Waals surface area (Å²) < 4.78 is 3.06. The monoisotopic (exact) mass is 306 g/mol. The molecule has 3 rings (SSSR count). The maximum atomic E-state index is 5.95. The summed E-state index contributed by atoms with van der Waals surface area (Å²) in [7, 11) is 0. The van der Waals surface area contributed by atoms with Gasteiger partial charge < -0.3 is 0 Å². The van der Waals surface area contributed by atoms with Gasteiger partial charge in [0.25, 0.3) is 0 Å². The molecule has 0 bridgehead atoms. The van der Waals surface area contributed by atoms with E-state index in [0.29, 0.717) is 0 Å². The summed E-state index contributed by atoms with van der Waals surface area (Å²) in [5.41, 5.74) is 2.06. The van der Waals surface area contributed by atoms with E-state index in [-0.39, 0.29) is 0 Å². The number of nitrogens with zero attached hydrogens (tertiary/aromatic N) is 2. The third kappa shape index (κ3) is 1.96. The molecule has 2 nitrogen and oxygen atoms in total. The van der Waals surface area contributed by atoms with E-state index in [4.69, 9.17) is 11.6 Å². The molecule has 17 heavy (non-hydrogen) atoms. The van der Waals surface area contributed by atoms with Gasteiger partial charge in [-0.2, -0.15) is 0 Å². The quantitative estimate of drug-likeness (QED) is 0.650. The van der Waals surface area contributed by atoms with E-state index >= 15 is 0 Å². The van der Waals surface area contributed by atoms with Gasteiger partial charge in [0.15, 0.2) is 0 Å². The smallest absolute Gasteiger partial charge is 0.144 e. The van der Waals surface area contributed by atoms with Crippen LogP contribution in [0.15, 0.2) is 53.3 Å². The Morgan fingerprint density at radius 2 is 2.06 bits per heavy atom. The van der Waals surface area contributed by atoms with Crippen LogP contribution < -0.4 is 0 Å². The van der Waals surface area contributed by atoms with Crippen molar-refractivity contribution in [1.82, 2.24) is 9.38 Å². The number of pyridine rings is 1. The van der Waals surface area contributed by atoms with Crippen molar-refractivity contribution in [1.29, 1.82) is 0 Å². The number of hydrogen-bond acceptors (Lipinski definition) is 1. The van der Waals surface area contributed by atoms with Gasteiger partial charge in [-0.15, -0.1) is 0 Å². The van der Waals surface area contributed by atoms with Crippen molar-refractivity contribution >= 4 is 33.0 Å². The lowest BCUT2D eigenvalue weighted by atomic mass is 10.2. The first kappa shape index (κ1) is 10.8. The SMILES string of the molecule is Clc1ccn2c(-c3cccc(Br)c3)ncc2c1. The second kappa shape index (κ2) is 4.17. The van der Waals surface area contributed by atoms with Crippen molar-refractivity contribution in [3.63, 3.8) is 0 Å². The fourth-order valence-electron chi connectivity index (χ4n) is 1.81. The van der Waals surface area contributed by atoms with E-state index in [1.165, 1.54) is 0 Å². The van der Waals surface area contributed by atoms with Crippen molar-refractivity contribution in [3.05, 3.63) is 58.3 Å². The lowest BCUT2D eigenvalue weighted by molar-refractivity contribution is 1.16. The molecule has 0 N–H and O–H groups in total. The first-order chi connectivity index (χ1) is 8.24. The predicted octanol–water partition coefficient (Wildman–Crippen LogP) is 4.42. The molecule has 0 atom stereocenters. The van der Waals surface area contributed by atoms with Crippen LogP contribution in [-0.2, 0) is 0 Å². The van der Waals surface area contributed by atoms with E-state index < -0.39 is 0 Å². The Balaban J connectivity index is 2.24. The van der Waals surface area contributed by atoms with Gasteiger partial charge in [0.2, 0.25) is 0 Å². The van der Waals surface area contributed by atoms with Gasteiger partial charge in [-0.1, -0.05) is 39.7 Å². The number of halogens is 2. The second-order valence-corrected chi connectivity index (χ2v) is 5.08. The third-order valence-corrected chi connectivity index (χ3v) is 3.31. The minimum atomic E-state index is 0.721. The highest BCUT2D eigenvalue weighted by atomic mass is 79.9. The summed E-state index contributed by atoms with van der Waals surface area (Å²) in [5.74, 6) is 0.915. The Hall–Kier alpha value is -1.32. The molecule has 0 amide bonds. The standard InChI is InChI=1S/C13H8BrClN2/c14-10-3-1-2-9(6-10)13-16-8-12-7-11(15)4-5-17(12)13/h1-8H. The molecule has 0 saturated heterocycles. The highest BCUT2D eigenvalue weighted by Gasteiger charge is 2.06. The summed E-state index contributed by atoms with van der Waals surface area (Å²) in [6.07, 6.45) is 3.75. The zero-order valence-corrected chi connectivity index (χ0v) is 11.1. The van der Waals surface area contributed by atoms with Crippen molar-refractivity contribution in [2.45, 2.75) is 0 Å². The first-order valence-electron chi connectivity index (χ1n) is 5.12. The molecule has 3 aromatic rings. The lowest BCUT2D eigenvalue weighted by Gasteiger charge is -2.02. The van der Waals surface area contributed by atoms with Crippen LogP contribution in [0.2, 0.25) is 5.02 Å². The average molecular weight is 308 g/mol. The summed E-state index contributed by atoms with van der Waals surface area (Å²) >= 11 is 9.42. The van der Waals surface area contributed by atoms with Crippen molar-refractivity contribution in [2.75, 3.05) is 0 Å². The highest BCUT2D eigenvalue weighted by Crippen LogP contribution is 2.24. The maximum absolute atomic E-state index is 5.95. The van der Waals surface area contributed by atoms with Gasteiger partial charge in [0.1, 0.15) is 5.82 Å². The summed E-state index contributed by atoms with van der Waals surface area (Å²) in [4.78, 5) is 4.43. The van der Waals surface area contributed by atoms with Crippen molar-refractivity contribution < 1.29 is 0 Å². The molecule has 1 aromatic carbocycles. The van der Waals surface area contributed by atoms with E-state index in [1.54, 1.807) is 0 Å².